The molecule has 0 saturated carbocycles. The number of hydrogen-bond donors (Lipinski definition) is 1. The molecule has 2 aliphatic heterocycles. The SMILES string of the molecule is CCCCOc1ccc(C2C(=C(O)c3ccc4c(c3)CC(C)O4)C(=O)C(=O)N2CCOC)cc1OCC. The number of amides is 1. The minimum Gasteiger partial charge on any atom is -0.507 e. The summed E-state index contributed by atoms with van der Waals surface area (Å²) in [7, 11) is 1.54. The number of ether oxygens (including phenoxy) is 4. The van der Waals surface area contributed by atoms with E-state index in [0.29, 0.717) is 42.3 Å². The molecule has 1 amide bonds. The normalized spacial score (nSPS) is 20.2. The lowest BCUT2D eigenvalue weighted by Gasteiger charge is -2.26. The summed E-state index contributed by atoms with van der Waals surface area (Å²) in [5.74, 6) is 0.263. The van der Waals surface area contributed by atoms with E-state index in [4.69, 9.17) is 18.9 Å². The Morgan fingerprint density at radius 3 is 2.62 bits per heavy atom. The highest BCUT2D eigenvalue weighted by Crippen LogP contribution is 2.42. The van der Waals surface area contributed by atoms with Crippen molar-refractivity contribution in [2.45, 2.75) is 52.2 Å². The van der Waals surface area contributed by atoms with Gasteiger partial charge in [-0.25, -0.2) is 0 Å². The molecule has 0 spiro atoms. The van der Waals surface area contributed by atoms with Gasteiger partial charge in [-0.3, -0.25) is 9.59 Å². The molecular formula is C29H35NO7. The first-order chi connectivity index (χ1) is 17.9. The van der Waals surface area contributed by atoms with E-state index >= 15 is 0 Å². The second-order valence-corrected chi connectivity index (χ2v) is 9.28. The first-order valence-corrected chi connectivity index (χ1v) is 12.9. The molecule has 0 radical (unpaired) electrons. The van der Waals surface area contributed by atoms with Gasteiger partial charge in [-0.1, -0.05) is 19.4 Å². The number of unbranched alkanes of at least 4 members (excludes halogenated alkanes) is 1. The molecule has 4 rings (SSSR count). The zero-order chi connectivity index (χ0) is 26.5. The number of aliphatic hydroxyl groups excluding tert-OH is 1. The summed E-state index contributed by atoms with van der Waals surface area (Å²) in [5.41, 5.74) is 2.10. The van der Waals surface area contributed by atoms with Crippen LogP contribution in [0.1, 0.15) is 56.3 Å². The molecule has 198 valence electrons. The van der Waals surface area contributed by atoms with Gasteiger partial charge < -0.3 is 29.0 Å². The summed E-state index contributed by atoms with van der Waals surface area (Å²) >= 11 is 0. The Morgan fingerprint density at radius 1 is 1.08 bits per heavy atom. The van der Waals surface area contributed by atoms with Crippen molar-refractivity contribution in [3.8, 4) is 17.2 Å². The second-order valence-electron chi connectivity index (χ2n) is 9.28. The highest BCUT2D eigenvalue weighted by atomic mass is 16.5. The van der Waals surface area contributed by atoms with E-state index in [0.717, 1.165) is 24.2 Å². The van der Waals surface area contributed by atoms with E-state index in [1.165, 1.54) is 12.0 Å². The maximum absolute atomic E-state index is 13.3. The lowest BCUT2D eigenvalue weighted by molar-refractivity contribution is -0.140. The third-order valence-corrected chi connectivity index (χ3v) is 6.58. The molecule has 0 aliphatic carbocycles. The molecule has 0 bridgehead atoms. The van der Waals surface area contributed by atoms with Crippen LogP contribution in [0.2, 0.25) is 0 Å². The number of Topliss-reactive ketones (excluding diaryl/α,β-unsaturated/α-hetero) is 1. The number of rotatable bonds is 11. The van der Waals surface area contributed by atoms with Crippen molar-refractivity contribution in [2.24, 2.45) is 0 Å². The van der Waals surface area contributed by atoms with Crippen molar-refractivity contribution >= 4 is 17.4 Å². The highest BCUT2D eigenvalue weighted by Gasteiger charge is 2.46. The zero-order valence-corrected chi connectivity index (χ0v) is 21.9. The third-order valence-electron chi connectivity index (χ3n) is 6.58. The van der Waals surface area contributed by atoms with Crippen molar-refractivity contribution in [1.29, 1.82) is 0 Å². The molecule has 1 saturated heterocycles. The fraction of sp³-hybridized carbons (Fsp3) is 0.448. The van der Waals surface area contributed by atoms with Gasteiger partial charge in [0, 0.05) is 25.6 Å². The average Bonchev–Trinajstić information content (AvgIpc) is 3.38. The van der Waals surface area contributed by atoms with E-state index < -0.39 is 17.7 Å². The molecule has 2 aromatic rings. The standard InChI is InChI=1S/C29H35NO7/c1-5-7-13-36-23-11-8-19(17-24(23)35-6-2)26-25(28(32)29(33)30(26)12-14-34-4)27(31)20-9-10-22-21(16-20)15-18(3)37-22/h8-11,16-18,26,31H,5-7,12-15H2,1-4H3. The first kappa shape index (κ1) is 26.5. The van der Waals surface area contributed by atoms with E-state index in [-0.39, 0.29) is 30.6 Å². The number of benzene rings is 2. The van der Waals surface area contributed by atoms with Crippen LogP contribution in [0, 0.1) is 0 Å². The molecule has 8 heteroatoms. The van der Waals surface area contributed by atoms with Gasteiger partial charge in [0.1, 0.15) is 17.6 Å². The Labute approximate surface area is 217 Å². The summed E-state index contributed by atoms with van der Waals surface area (Å²) in [6, 6.07) is 9.91. The number of ketones is 1. The Balaban J connectivity index is 1.79. The smallest absolute Gasteiger partial charge is 0.295 e. The molecule has 8 nitrogen and oxygen atoms in total. The summed E-state index contributed by atoms with van der Waals surface area (Å²) in [4.78, 5) is 27.9. The summed E-state index contributed by atoms with van der Waals surface area (Å²) < 4.78 is 22.7. The fourth-order valence-electron chi connectivity index (χ4n) is 4.78. The Hall–Kier alpha value is -3.52. The number of hydrogen-bond acceptors (Lipinski definition) is 7. The van der Waals surface area contributed by atoms with Crippen LogP contribution in [0.3, 0.4) is 0 Å². The fourth-order valence-corrected chi connectivity index (χ4v) is 4.78. The van der Waals surface area contributed by atoms with Crippen molar-refractivity contribution in [2.75, 3.05) is 33.5 Å². The Bertz CT molecular complexity index is 1190. The molecule has 2 atom stereocenters. The molecule has 1 N–H and O–H groups in total. The number of likely N-dealkylation sites (tertiary alicyclic amines) is 1. The van der Waals surface area contributed by atoms with Gasteiger partial charge in [0.15, 0.2) is 11.5 Å². The van der Waals surface area contributed by atoms with Gasteiger partial charge in [0.05, 0.1) is 31.4 Å². The van der Waals surface area contributed by atoms with Gasteiger partial charge in [-0.15, -0.1) is 0 Å². The van der Waals surface area contributed by atoms with Crippen molar-refractivity contribution in [3.63, 3.8) is 0 Å². The highest BCUT2D eigenvalue weighted by molar-refractivity contribution is 6.46. The number of carbonyl (C=O) groups is 2. The van der Waals surface area contributed by atoms with Gasteiger partial charge in [-0.05, 0) is 61.7 Å². The average molecular weight is 510 g/mol. The van der Waals surface area contributed by atoms with Crippen LogP contribution in [0.4, 0.5) is 0 Å². The molecular weight excluding hydrogens is 474 g/mol. The van der Waals surface area contributed by atoms with Crippen LogP contribution in [0.25, 0.3) is 5.76 Å². The van der Waals surface area contributed by atoms with Crippen LogP contribution in [-0.4, -0.2) is 61.3 Å². The predicted octanol–water partition coefficient (Wildman–Crippen LogP) is 4.66. The van der Waals surface area contributed by atoms with Crippen molar-refractivity contribution in [1.82, 2.24) is 4.90 Å². The van der Waals surface area contributed by atoms with Crippen molar-refractivity contribution in [3.05, 3.63) is 58.7 Å². The topological polar surface area (TPSA) is 94.5 Å². The summed E-state index contributed by atoms with van der Waals surface area (Å²) in [6.45, 7) is 7.37. The second kappa shape index (κ2) is 11.7. The van der Waals surface area contributed by atoms with Crippen LogP contribution >= 0.6 is 0 Å². The minimum absolute atomic E-state index is 0.0371. The zero-order valence-electron chi connectivity index (χ0n) is 21.9. The molecule has 2 heterocycles. The largest absolute Gasteiger partial charge is 0.507 e. The van der Waals surface area contributed by atoms with Crippen molar-refractivity contribution < 1.29 is 33.6 Å². The van der Waals surface area contributed by atoms with Crippen LogP contribution in [0.5, 0.6) is 17.2 Å². The van der Waals surface area contributed by atoms with E-state index in [9.17, 15) is 14.7 Å². The number of aliphatic hydroxyl groups is 1. The number of methoxy groups -OCH3 is 1. The monoisotopic (exact) mass is 509 g/mol. The minimum atomic E-state index is -0.803. The Morgan fingerprint density at radius 2 is 1.89 bits per heavy atom. The van der Waals surface area contributed by atoms with Crippen LogP contribution in [0.15, 0.2) is 42.0 Å². The quantitative estimate of drug-likeness (QED) is 0.204. The van der Waals surface area contributed by atoms with Crippen LogP contribution in [-0.2, 0) is 20.7 Å². The van der Waals surface area contributed by atoms with Gasteiger partial charge in [-0.2, -0.15) is 0 Å². The molecule has 0 aromatic heterocycles. The third kappa shape index (κ3) is 5.44. The molecule has 2 aromatic carbocycles. The summed E-state index contributed by atoms with van der Waals surface area (Å²) in [5, 5.41) is 11.4. The van der Waals surface area contributed by atoms with Gasteiger partial charge in [0.2, 0.25) is 0 Å². The maximum atomic E-state index is 13.3. The molecule has 2 aliphatic rings. The van der Waals surface area contributed by atoms with Crippen LogP contribution < -0.4 is 14.2 Å². The maximum Gasteiger partial charge on any atom is 0.295 e. The first-order valence-electron chi connectivity index (χ1n) is 12.9. The number of carbonyl (C=O) groups excluding carboxylic acids is 2. The van der Waals surface area contributed by atoms with Gasteiger partial charge >= 0.3 is 0 Å². The lowest BCUT2D eigenvalue weighted by atomic mass is 9.94. The van der Waals surface area contributed by atoms with E-state index in [1.54, 1.807) is 24.3 Å². The molecule has 1 fully saturated rings. The molecule has 2 unspecified atom stereocenters. The number of nitrogens with zero attached hydrogens (tertiary/aromatic N) is 1. The van der Waals surface area contributed by atoms with E-state index in [2.05, 4.69) is 6.92 Å². The lowest BCUT2D eigenvalue weighted by Crippen LogP contribution is -2.32. The molecule has 37 heavy (non-hydrogen) atoms. The Kier molecular flexibility index (Phi) is 8.38. The number of fused-ring (bicyclic) bond motifs is 1. The van der Waals surface area contributed by atoms with Gasteiger partial charge in [0.25, 0.3) is 11.7 Å². The summed E-state index contributed by atoms with van der Waals surface area (Å²) in [6.07, 6.45) is 2.67. The van der Waals surface area contributed by atoms with E-state index in [1.807, 2.05) is 26.0 Å². The predicted molar refractivity (Wildman–Crippen MR) is 139 cm³/mol.